The number of likely N-dealkylation sites (tertiary alicyclic amines) is 1. The quantitative estimate of drug-likeness (QED) is 0.749. The molecule has 0 unspecified atom stereocenters. The molecule has 1 aliphatic rings. The Morgan fingerprint density at radius 1 is 1.31 bits per heavy atom. The monoisotopic (exact) mass is 405 g/mol. The largest absolute Gasteiger partial charge is 0.481 e. The SMILES string of the molecule is COC(=O)c1ccc(S(=O)(=O)C(C)C)c([C@H]2[C@@H](C(=O)O)CCN2C)c1.Cl. The van der Waals surface area contributed by atoms with E-state index in [1.807, 2.05) is 4.90 Å². The van der Waals surface area contributed by atoms with Gasteiger partial charge < -0.3 is 9.84 Å². The number of carboxylic acids is 1. The van der Waals surface area contributed by atoms with Crippen LogP contribution in [0, 0.1) is 5.92 Å². The number of halogens is 1. The fourth-order valence-electron chi connectivity index (χ4n) is 3.20. The first-order chi connectivity index (χ1) is 11.6. The summed E-state index contributed by atoms with van der Waals surface area (Å²) in [6, 6.07) is 3.60. The minimum Gasteiger partial charge on any atom is -0.481 e. The van der Waals surface area contributed by atoms with E-state index in [9.17, 15) is 23.1 Å². The molecule has 0 amide bonds. The molecule has 7 nitrogen and oxygen atoms in total. The van der Waals surface area contributed by atoms with Crippen LogP contribution < -0.4 is 0 Å². The first-order valence-corrected chi connectivity index (χ1v) is 9.55. The van der Waals surface area contributed by atoms with Crippen molar-refractivity contribution in [3.8, 4) is 0 Å². The maximum absolute atomic E-state index is 12.8. The number of ether oxygens (including phenoxy) is 1. The van der Waals surface area contributed by atoms with Gasteiger partial charge in [0.1, 0.15) is 0 Å². The molecular weight excluding hydrogens is 382 g/mol. The summed E-state index contributed by atoms with van der Waals surface area (Å²) < 4.78 is 30.2. The van der Waals surface area contributed by atoms with Gasteiger partial charge in [-0.3, -0.25) is 9.69 Å². The summed E-state index contributed by atoms with van der Waals surface area (Å²) in [4.78, 5) is 25.4. The van der Waals surface area contributed by atoms with Crippen LogP contribution in [0.4, 0.5) is 0 Å². The Morgan fingerprint density at radius 3 is 2.42 bits per heavy atom. The van der Waals surface area contributed by atoms with Crippen molar-refractivity contribution in [2.24, 2.45) is 5.92 Å². The molecule has 0 spiro atoms. The average Bonchev–Trinajstić information content (AvgIpc) is 2.95. The van der Waals surface area contributed by atoms with E-state index in [1.165, 1.54) is 25.3 Å². The van der Waals surface area contributed by atoms with Gasteiger partial charge in [-0.25, -0.2) is 13.2 Å². The Hall–Kier alpha value is -1.64. The Morgan fingerprint density at radius 2 is 1.92 bits per heavy atom. The molecule has 26 heavy (non-hydrogen) atoms. The van der Waals surface area contributed by atoms with Crippen molar-refractivity contribution in [2.75, 3.05) is 20.7 Å². The zero-order chi connectivity index (χ0) is 18.9. The molecule has 1 fully saturated rings. The fourth-order valence-corrected chi connectivity index (χ4v) is 4.47. The molecule has 1 aromatic carbocycles. The highest BCUT2D eigenvalue weighted by Crippen LogP contribution is 2.40. The number of sulfone groups is 1. The van der Waals surface area contributed by atoms with Crippen LogP contribution in [0.5, 0.6) is 0 Å². The van der Waals surface area contributed by atoms with Gasteiger partial charge in [0.2, 0.25) is 0 Å². The molecule has 1 heterocycles. The maximum atomic E-state index is 12.8. The van der Waals surface area contributed by atoms with E-state index in [2.05, 4.69) is 0 Å². The molecular formula is C17H24ClNO6S. The highest BCUT2D eigenvalue weighted by molar-refractivity contribution is 7.92. The second-order valence-corrected chi connectivity index (χ2v) is 8.97. The Kier molecular flexibility index (Phi) is 7.21. The first kappa shape index (κ1) is 22.4. The van der Waals surface area contributed by atoms with Crippen molar-refractivity contribution < 1.29 is 27.9 Å². The maximum Gasteiger partial charge on any atom is 0.337 e. The Balaban J connectivity index is 0.00000338. The third-order valence-electron chi connectivity index (χ3n) is 4.64. The first-order valence-electron chi connectivity index (χ1n) is 8.00. The van der Waals surface area contributed by atoms with E-state index in [-0.39, 0.29) is 22.9 Å². The van der Waals surface area contributed by atoms with Crippen molar-refractivity contribution in [3.05, 3.63) is 29.3 Å². The van der Waals surface area contributed by atoms with Gasteiger partial charge in [-0.15, -0.1) is 12.4 Å². The van der Waals surface area contributed by atoms with Crippen LogP contribution in [0.1, 0.15) is 42.2 Å². The van der Waals surface area contributed by atoms with Crippen LogP contribution in [0.25, 0.3) is 0 Å². The summed E-state index contributed by atoms with van der Waals surface area (Å²) >= 11 is 0. The second-order valence-electron chi connectivity index (χ2n) is 6.50. The van der Waals surface area contributed by atoms with Crippen LogP contribution in [-0.4, -0.2) is 56.3 Å². The lowest BCUT2D eigenvalue weighted by Gasteiger charge is -2.26. The average molecular weight is 406 g/mol. The molecule has 2 atom stereocenters. The lowest BCUT2D eigenvalue weighted by Crippen LogP contribution is -2.28. The summed E-state index contributed by atoms with van der Waals surface area (Å²) in [7, 11) is -0.646. The van der Waals surface area contributed by atoms with E-state index < -0.39 is 39.0 Å². The number of esters is 1. The molecule has 2 rings (SSSR count). The van der Waals surface area contributed by atoms with Gasteiger partial charge in [-0.1, -0.05) is 0 Å². The van der Waals surface area contributed by atoms with Gasteiger partial charge in [0.25, 0.3) is 0 Å². The third kappa shape index (κ3) is 4.02. The molecule has 1 aliphatic heterocycles. The highest BCUT2D eigenvalue weighted by atomic mass is 35.5. The molecule has 0 aliphatic carbocycles. The Bertz CT molecular complexity index is 792. The summed E-state index contributed by atoms with van der Waals surface area (Å²) in [6.07, 6.45) is 0.417. The Labute approximate surface area is 159 Å². The van der Waals surface area contributed by atoms with Crippen LogP contribution in [0.15, 0.2) is 23.1 Å². The minimum atomic E-state index is -3.64. The molecule has 0 saturated carbocycles. The molecule has 0 bridgehead atoms. The number of methoxy groups -OCH3 is 1. The normalized spacial score (nSPS) is 20.7. The second kappa shape index (κ2) is 8.37. The fraction of sp³-hybridized carbons (Fsp3) is 0.529. The van der Waals surface area contributed by atoms with Crippen molar-refractivity contribution in [1.82, 2.24) is 4.90 Å². The predicted octanol–water partition coefficient (Wildman–Crippen LogP) is 2.15. The molecule has 1 saturated heterocycles. The van der Waals surface area contributed by atoms with Crippen LogP contribution in [-0.2, 0) is 19.4 Å². The van der Waals surface area contributed by atoms with Crippen molar-refractivity contribution >= 4 is 34.2 Å². The summed E-state index contributed by atoms with van der Waals surface area (Å²) in [5.41, 5.74) is 0.536. The summed E-state index contributed by atoms with van der Waals surface area (Å²) in [6.45, 7) is 3.67. The number of rotatable bonds is 5. The zero-order valence-corrected chi connectivity index (χ0v) is 16.8. The van der Waals surface area contributed by atoms with E-state index in [0.29, 0.717) is 18.5 Å². The van der Waals surface area contributed by atoms with Gasteiger partial charge in [-0.05, 0) is 57.6 Å². The third-order valence-corrected chi connectivity index (χ3v) is 6.87. The van der Waals surface area contributed by atoms with Crippen LogP contribution in [0.3, 0.4) is 0 Å². The van der Waals surface area contributed by atoms with Gasteiger partial charge in [0.15, 0.2) is 9.84 Å². The molecule has 1 N–H and O–H groups in total. The molecule has 0 aromatic heterocycles. The summed E-state index contributed by atoms with van der Waals surface area (Å²) in [5.74, 6) is -2.31. The number of aliphatic carboxylic acids is 1. The van der Waals surface area contributed by atoms with Gasteiger partial charge >= 0.3 is 11.9 Å². The number of carboxylic acid groups (broad SMARTS) is 1. The topological polar surface area (TPSA) is 101 Å². The zero-order valence-electron chi connectivity index (χ0n) is 15.1. The van der Waals surface area contributed by atoms with E-state index in [4.69, 9.17) is 4.74 Å². The predicted molar refractivity (Wildman–Crippen MR) is 98.5 cm³/mol. The van der Waals surface area contributed by atoms with Crippen LogP contribution >= 0.6 is 12.4 Å². The number of benzene rings is 1. The molecule has 0 radical (unpaired) electrons. The molecule has 9 heteroatoms. The smallest absolute Gasteiger partial charge is 0.337 e. The number of hydrogen-bond acceptors (Lipinski definition) is 6. The molecule has 1 aromatic rings. The lowest BCUT2D eigenvalue weighted by atomic mass is 9.92. The van der Waals surface area contributed by atoms with Gasteiger partial charge in [0, 0.05) is 6.04 Å². The van der Waals surface area contributed by atoms with Gasteiger partial charge in [0.05, 0.1) is 28.7 Å². The summed E-state index contributed by atoms with van der Waals surface area (Å²) in [5, 5.41) is 8.86. The standard InChI is InChI=1S/C17H23NO6S.ClH/c1-10(2)25(22,23)14-6-5-11(17(21)24-4)9-13(14)15-12(16(19)20)7-8-18(15)3;/h5-6,9-10,12,15H,7-8H2,1-4H3,(H,19,20);1H/t12-,15+;/m0./s1. The number of nitrogens with zero attached hydrogens (tertiary/aromatic N) is 1. The number of carbonyl (C=O) groups is 2. The van der Waals surface area contributed by atoms with E-state index in [0.717, 1.165) is 0 Å². The van der Waals surface area contributed by atoms with Crippen molar-refractivity contribution in [2.45, 2.75) is 36.5 Å². The minimum absolute atomic E-state index is 0. The van der Waals surface area contributed by atoms with Gasteiger partial charge in [-0.2, -0.15) is 0 Å². The highest BCUT2D eigenvalue weighted by Gasteiger charge is 2.41. The van der Waals surface area contributed by atoms with E-state index in [1.54, 1.807) is 20.9 Å². The van der Waals surface area contributed by atoms with Crippen molar-refractivity contribution in [1.29, 1.82) is 0 Å². The van der Waals surface area contributed by atoms with E-state index >= 15 is 0 Å². The lowest BCUT2D eigenvalue weighted by molar-refractivity contribution is -0.142. The molecule has 146 valence electrons. The number of carbonyl (C=O) groups excluding carboxylic acids is 1. The number of hydrogen-bond donors (Lipinski definition) is 1. The van der Waals surface area contributed by atoms with Crippen LogP contribution in [0.2, 0.25) is 0 Å². The van der Waals surface area contributed by atoms with Crippen molar-refractivity contribution in [3.63, 3.8) is 0 Å².